The van der Waals surface area contributed by atoms with Gasteiger partial charge in [0.1, 0.15) is 5.78 Å². The van der Waals surface area contributed by atoms with Gasteiger partial charge in [0.25, 0.3) is 0 Å². The summed E-state index contributed by atoms with van der Waals surface area (Å²) in [5.41, 5.74) is -1.01. The first kappa shape index (κ1) is 15.1. The van der Waals surface area contributed by atoms with Gasteiger partial charge in [-0.05, 0) is 81.5 Å². The van der Waals surface area contributed by atoms with Gasteiger partial charge in [0.05, 0.1) is 17.1 Å². The third-order valence-electron chi connectivity index (χ3n) is 8.54. The summed E-state index contributed by atoms with van der Waals surface area (Å²) in [6.07, 6.45) is 8.13. The molecule has 7 atom stereocenters. The van der Waals surface area contributed by atoms with Gasteiger partial charge in [-0.25, -0.2) is 0 Å². The fourth-order valence-corrected chi connectivity index (χ4v) is 6.97. The third-order valence-corrected chi connectivity index (χ3v) is 8.54. The second kappa shape index (κ2) is 4.57. The maximum absolute atomic E-state index is 12.4. The number of Topliss-reactive ketones (excluding diaryl/α,β-unsaturated/α-hetero) is 1. The number of hydrogen-bond donors (Lipinski definition) is 2. The average molecular weight is 306 g/mol. The molecule has 0 aromatic heterocycles. The molecule has 0 radical (unpaired) electrons. The molecule has 124 valence electrons. The highest BCUT2D eigenvalue weighted by atomic mass is 16.3. The monoisotopic (exact) mass is 306 g/mol. The maximum Gasteiger partial charge on any atom is 0.141 e. The smallest absolute Gasteiger partial charge is 0.141 e. The zero-order chi connectivity index (χ0) is 15.8. The lowest BCUT2D eigenvalue weighted by atomic mass is 9.44. The normalized spacial score (nSPS) is 57.9. The first-order chi connectivity index (χ1) is 10.3. The van der Waals surface area contributed by atoms with Crippen LogP contribution < -0.4 is 0 Å². The molecule has 0 aliphatic heterocycles. The van der Waals surface area contributed by atoms with Gasteiger partial charge in [0.2, 0.25) is 0 Å². The van der Waals surface area contributed by atoms with Crippen LogP contribution in [0.1, 0.15) is 71.6 Å². The Kier molecular flexibility index (Phi) is 3.14. The van der Waals surface area contributed by atoms with Crippen LogP contribution >= 0.6 is 0 Å². The quantitative estimate of drug-likeness (QED) is 0.723. The second-order valence-electron chi connectivity index (χ2n) is 9.14. The van der Waals surface area contributed by atoms with Crippen LogP contribution in [0.2, 0.25) is 0 Å². The molecule has 7 unspecified atom stereocenters. The molecule has 0 bridgehead atoms. The molecule has 0 aromatic rings. The highest BCUT2D eigenvalue weighted by Gasteiger charge is 2.67. The Bertz CT molecular complexity index is 503. The summed E-state index contributed by atoms with van der Waals surface area (Å²) in [6.45, 7) is 4.43. The van der Waals surface area contributed by atoms with Gasteiger partial charge in [-0.15, -0.1) is 0 Å². The SMILES string of the molecule is CC12CCC(O)CC1CCC1C2CCC2(C)C(=O)CCC12O. The van der Waals surface area contributed by atoms with Gasteiger partial charge in [-0.1, -0.05) is 6.92 Å². The predicted molar refractivity (Wildman–Crippen MR) is 84.2 cm³/mol. The first-order valence-electron chi connectivity index (χ1n) is 9.25. The molecule has 3 nitrogen and oxygen atoms in total. The lowest BCUT2D eigenvalue weighted by Gasteiger charge is -2.62. The standard InChI is InChI=1S/C19H30O3/c1-17-8-5-13(20)11-12(17)3-4-15-14(17)6-9-18(2)16(21)7-10-19(15,18)22/h12-15,20,22H,3-11H2,1-2H3. The van der Waals surface area contributed by atoms with Crippen molar-refractivity contribution >= 4 is 5.78 Å². The van der Waals surface area contributed by atoms with Crippen LogP contribution in [0.4, 0.5) is 0 Å². The zero-order valence-electron chi connectivity index (χ0n) is 14.0. The summed E-state index contributed by atoms with van der Waals surface area (Å²) in [4.78, 5) is 12.4. The van der Waals surface area contributed by atoms with Gasteiger partial charge in [-0.3, -0.25) is 4.79 Å². The molecule has 0 amide bonds. The van der Waals surface area contributed by atoms with Crippen molar-refractivity contribution < 1.29 is 15.0 Å². The molecule has 3 heteroatoms. The average Bonchev–Trinajstić information content (AvgIpc) is 2.72. The van der Waals surface area contributed by atoms with E-state index < -0.39 is 11.0 Å². The Morgan fingerprint density at radius 3 is 2.55 bits per heavy atom. The molecule has 4 fully saturated rings. The van der Waals surface area contributed by atoms with E-state index in [1.807, 2.05) is 6.92 Å². The molecular weight excluding hydrogens is 276 g/mol. The van der Waals surface area contributed by atoms with Crippen molar-refractivity contribution in [3.05, 3.63) is 0 Å². The van der Waals surface area contributed by atoms with Crippen molar-refractivity contribution in [2.75, 3.05) is 0 Å². The molecular formula is C19H30O3. The van der Waals surface area contributed by atoms with Crippen molar-refractivity contribution in [1.82, 2.24) is 0 Å². The van der Waals surface area contributed by atoms with E-state index >= 15 is 0 Å². The van der Waals surface area contributed by atoms with Crippen LogP contribution in [0.15, 0.2) is 0 Å². The molecule has 2 N–H and O–H groups in total. The number of hydrogen-bond acceptors (Lipinski definition) is 3. The topological polar surface area (TPSA) is 57.5 Å². The summed E-state index contributed by atoms with van der Waals surface area (Å²) >= 11 is 0. The fourth-order valence-electron chi connectivity index (χ4n) is 6.97. The first-order valence-corrected chi connectivity index (χ1v) is 9.25. The summed E-state index contributed by atoms with van der Waals surface area (Å²) in [7, 11) is 0. The minimum absolute atomic E-state index is 0.125. The largest absolute Gasteiger partial charge is 0.393 e. The van der Waals surface area contributed by atoms with E-state index in [9.17, 15) is 15.0 Å². The van der Waals surface area contributed by atoms with Crippen LogP contribution in [0, 0.1) is 28.6 Å². The van der Waals surface area contributed by atoms with E-state index in [0.29, 0.717) is 30.5 Å². The maximum atomic E-state index is 12.4. The summed E-state index contributed by atoms with van der Waals surface area (Å²) in [6, 6.07) is 0. The summed E-state index contributed by atoms with van der Waals surface area (Å²) in [5, 5.41) is 21.6. The lowest BCUT2D eigenvalue weighted by molar-refractivity contribution is -0.202. The molecule has 0 spiro atoms. The van der Waals surface area contributed by atoms with Crippen LogP contribution in [-0.2, 0) is 4.79 Å². The number of aliphatic hydroxyl groups is 2. The van der Waals surface area contributed by atoms with E-state index in [2.05, 4.69) is 6.92 Å². The molecule has 4 aliphatic carbocycles. The fraction of sp³-hybridized carbons (Fsp3) is 0.947. The van der Waals surface area contributed by atoms with Gasteiger partial charge < -0.3 is 10.2 Å². The Balaban J connectivity index is 1.69. The van der Waals surface area contributed by atoms with Crippen molar-refractivity contribution in [3.63, 3.8) is 0 Å². The predicted octanol–water partition coefficient (Wildman–Crippen LogP) is 3.07. The van der Waals surface area contributed by atoms with Crippen LogP contribution in [0.5, 0.6) is 0 Å². The number of ketones is 1. The Morgan fingerprint density at radius 1 is 1.00 bits per heavy atom. The number of aliphatic hydroxyl groups excluding tert-OH is 1. The van der Waals surface area contributed by atoms with Crippen molar-refractivity contribution in [2.24, 2.45) is 28.6 Å². The highest BCUT2D eigenvalue weighted by Crippen LogP contribution is 2.66. The van der Waals surface area contributed by atoms with Crippen LogP contribution in [-0.4, -0.2) is 27.7 Å². The van der Waals surface area contributed by atoms with Gasteiger partial charge in [0.15, 0.2) is 0 Å². The molecule has 4 aliphatic rings. The number of carbonyl (C=O) groups is 1. The Labute approximate surface area is 133 Å². The molecule has 0 heterocycles. The van der Waals surface area contributed by atoms with Gasteiger partial charge in [-0.2, -0.15) is 0 Å². The molecule has 0 saturated heterocycles. The van der Waals surface area contributed by atoms with E-state index in [0.717, 1.165) is 44.9 Å². The van der Waals surface area contributed by atoms with Crippen molar-refractivity contribution in [2.45, 2.75) is 83.3 Å². The van der Waals surface area contributed by atoms with E-state index in [1.165, 1.54) is 0 Å². The minimum atomic E-state index is -0.767. The summed E-state index contributed by atoms with van der Waals surface area (Å²) < 4.78 is 0. The molecule has 0 aromatic carbocycles. The number of carbonyl (C=O) groups excluding carboxylic acids is 1. The molecule has 4 saturated carbocycles. The van der Waals surface area contributed by atoms with E-state index in [1.54, 1.807) is 0 Å². The third kappa shape index (κ3) is 1.67. The number of fused-ring (bicyclic) bond motifs is 5. The van der Waals surface area contributed by atoms with E-state index in [-0.39, 0.29) is 17.4 Å². The van der Waals surface area contributed by atoms with E-state index in [4.69, 9.17) is 0 Å². The second-order valence-corrected chi connectivity index (χ2v) is 9.14. The Morgan fingerprint density at radius 2 is 1.77 bits per heavy atom. The van der Waals surface area contributed by atoms with Crippen molar-refractivity contribution in [3.8, 4) is 0 Å². The van der Waals surface area contributed by atoms with Gasteiger partial charge >= 0.3 is 0 Å². The molecule has 22 heavy (non-hydrogen) atoms. The van der Waals surface area contributed by atoms with Gasteiger partial charge in [0, 0.05) is 6.42 Å². The highest BCUT2D eigenvalue weighted by molar-refractivity contribution is 5.88. The Hall–Kier alpha value is -0.410. The van der Waals surface area contributed by atoms with Crippen LogP contribution in [0.3, 0.4) is 0 Å². The minimum Gasteiger partial charge on any atom is -0.393 e. The molecule has 4 rings (SSSR count). The van der Waals surface area contributed by atoms with Crippen molar-refractivity contribution in [1.29, 1.82) is 0 Å². The number of rotatable bonds is 0. The summed E-state index contributed by atoms with van der Waals surface area (Å²) in [5.74, 6) is 1.71. The van der Waals surface area contributed by atoms with Crippen LogP contribution in [0.25, 0.3) is 0 Å². The lowest BCUT2D eigenvalue weighted by Crippen LogP contribution is -2.62. The zero-order valence-corrected chi connectivity index (χ0v) is 14.0.